The summed E-state index contributed by atoms with van der Waals surface area (Å²) in [5.74, 6) is 0. The van der Waals surface area contributed by atoms with E-state index < -0.39 is 17.4 Å². The van der Waals surface area contributed by atoms with Gasteiger partial charge in [0.05, 0.1) is 6.20 Å². The molecule has 0 spiro atoms. The molecular weight excluding hydrogens is 183 g/mol. The molecule has 1 aromatic heterocycles. The van der Waals surface area contributed by atoms with Gasteiger partial charge in [0.2, 0.25) is 0 Å². The highest BCUT2D eigenvalue weighted by molar-refractivity contribution is 5.33. The number of hydrogen-bond acceptors (Lipinski definition) is 2. The van der Waals surface area contributed by atoms with Crippen LogP contribution in [0.4, 0.5) is 13.2 Å². The van der Waals surface area contributed by atoms with Crippen LogP contribution >= 0.6 is 0 Å². The van der Waals surface area contributed by atoms with Crippen molar-refractivity contribution in [1.82, 2.24) is 9.78 Å². The number of alkyl halides is 3. The Labute approximate surface area is 72.4 Å². The summed E-state index contributed by atoms with van der Waals surface area (Å²) in [6.07, 6.45) is -3.59. The maximum atomic E-state index is 12.3. The second-order valence-electron chi connectivity index (χ2n) is 2.33. The van der Waals surface area contributed by atoms with Gasteiger partial charge < -0.3 is 0 Å². The van der Waals surface area contributed by atoms with E-state index in [0.717, 1.165) is 10.9 Å². The lowest BCUT2D eigenvalue weighted by Crippen LogP contribution is -2.15. The summed E-state index contributed by atoms with van der Waals surface area (Å²) < 4.78 is 37.7. The number of aryl methyl sites for hydroxylation is 1. The SMILES string of the molecule is CCn1ncc(C#N)c1C(F)(F)F. The fourth-order valence-corrected chi connectivity index (χ4v) is 1.01. The Hall–Kier alpha value is -1.51. The summed E-state index contributed by atoms with van der Waals surface area (Å²) in [6.45, 7) is 1.62. The monoisotopic (exact) mass is 189 g/mol. The van der Waals surface area contributed by atoms with Crippen LogP contribution in [-0.2, 0) is 12.7 Å². The van der Waals surface area contributed by atoms with Gasteiger partial charge in [-0.05, 0) is 6.92 Å². The van der Waals surface area contributed by atoms with Crippen molar-refractivity contribution < 1.29 is 13.2 Å². The predicted octanol–water partition coefficient (Wildman–Crippen LogP) is 1.79. The van der Waals surface area contributed by atoms with E-state index in [1.807, 2.05) is 0 Å². The van der Waals surface area contributed by atoms with Crippen LogP contribution in [0.15, 0.2) is 6.20 Å². The lowest BCUT2D eigenvalue weighted by molar-refractivity contribution is -0.144. The molecule has 0 bridgehead atoms. The molecule has 13 heavy (non-hydrogen) atoms. The highest BCUT2D eigenvalue weighted by atomic mass is 19.4. The highest BCUT2D eigenvalue weighted by Gasteiger charge is 2.37. The molecule has 0 fully saturated rings. The quantitative estimate of drug-likeness (QED) is 0.675. The zero-order chi connectivity index (χ0) is 10.1. The first-order valence-electron chi connectivity index (χ1n) is 3.53. The molecule has 3 nitrogen and oxygen atoms in total. The van der Waals surface area contributed by atoms with Crippen LogP contribution < -0.4 is 0 Å². The number of nitrogens with zero attached hydrogens (tertiary/aromatic N) is 3. The van der Waals surface area contributed by atoms with Crippen molar-refractivity contribution in [3.63, 3.8) is 0 Å². The normalized spacial score (nSPS) is 11.3. The van der Waals surface area contributed by atoms with Crippen LogP contribution in [0.25, 0.3) is 0 Å². The Morgan fingerprint density at radius 3 is 2.62 bits per heavy atom. The Morgan fingerprint density at radius 1 is 1.62 bits per heavy atom. The zero-order valence-electron chi connectivity index (χ0n) is 6.76. The predicted molar refractivity (Wildman–Crippen MR) is 37.6 cm³/mol. The molecule has 0 amide bonds. The van der Waals surface area contributed by atoms with Crippen molar-refractivity contribution in [2.45, 2.75) is 19.6 Å². The summed E-state index contributed by atoms with van der Waals surface area (Å²) in [6, 6.07) is 1.45. The lowest BCUT2D eigenvalue weighted by atomic mass is 10.2. The molecule has 0 unspecified atom stereocenters. The van der Waals surface area contributed by atoms with Crippen LogP contribution in [0.5, 0.6) is 0 Å². The van der Waals surface area contributed by atoms with E-state index in [2.05, 4.69) is 5.10 Å². The van der Waals surface area contributed by atoms with E-state index in [9.17, 15) is 13.2 Å². The molecule has 6 heteroatoms. The van der Waals surface area contributed by atoms with Gasteiger partial charge in [0, 0.05) is 6.54 Å². The first-order valence-corrected chi connectivity index (χ1v) is 3.53. The van der Waals surface area contributed by atoms with Gasteiger partial charge in [0.25, 0.3) is 0 Å². The summed E-state index contributed by atoms with van der Waals surface area (Å²) in [5, 5.41) is 11.8. The third-order valence-electron chi connectivity index (χ3n) is 1.53. The van der Waals surface area contributed by atoms with E-state index in [4.69, 9.17) is 5.26 Å². The van der Waals surface area contributed by atoms with Gasteiger partial charge in [-0.2, -0.15) is 23.5 Å². The molecule has 0 saturated heterocycles. The van der Waals surface area contributed by atoms with Crippen molar-refractivity contribution in [2.75, 3.05) is 0 Å². The second-order valence-corrected chi connectivity index (χ2v) is 2.33. The number of rotatable bonds is 1. The molecule has 0 aromatic carbocycles. The third kappa shape index (κ3) is 1.64. The topological polar surface area (TPSA) is 41.6 Å². The first kappa shape index (κ1) is 9.58. The van der Waals surface area contributed by atoms with Crippen molar-refractivity contribution >= 4 is 0 Å². The van der Waals surface area contributed by atoms with Gasteiger partial charge in [0.15, 0.2) is 5.69 Å². The van der Waals surface area contributed by atoms with E-state index >= 15 is 0 Å². The van der Waals surface area contributed by atoms with Gasteiger partial charge in [0.1, 0.15) is 11.6 Å². The summed E-state index contributed by atoms with van der Waals surface area (Å²) >= 11 is 0. The molecule has 0 N–H and O–H groups in total. The third-order valence-corrected chi connectivity index (χ3v) is 1.53. The first-order chi connectivity index (χ1) is 6.00. The Bertz CT molecular complexity index is 345. The number of halogens is 3. The standard InChI is InChI=1S/C7H6F3N3/c1-2-13-6(7(8,9)10)5(3-11)4-12-13/h4H,2H2,1H3. The van der Waals surface area contributed by atoms with Crippen LogP contribution in [-0.4, -0.2) is 9.78 Å². The highest BCUT2D eigenvalue weighted by Crippen LogP contribution is 2.31. The summed E-state index contributed by atoms with van der Waals surface area (Å²) in [4.78, 5) is 0. The fourth-order valence-electron chi connectivity index (χ4n) is 1.01. The smallest absolute Gasteiger partial charge is 0.259 e. The lowest BCUT2D eigenvalue weighted by Gasteiger charge is -2.08. The zero-order valence-corrected chi connectivity index (χ0v) is 6.76. The van der Waals surface area contributed by atoms with E-state index in [1.54, 1.807) is 0 Å². The number of aromatic nitrogens is 2. The molecule has 0 atom stereocenters. The molecule has 1 heterocycles. The molecule has 0 saturated carbocycles. The second kappa shape index (κ2) is 3.09. The molecule has 1 rings (SSSR count). The number of nitriles is 1. The van der Waals surface area contributed by atoms with E-state index in [1.165, 1.54) is 13.0 Å². The minimum atomic E-state index is -4.52. The molecule has 70 valence electrons. The van der Waals surface area contributed by atoms with Crippen LogP contribution in [0.3, 0.4) is 0 Å². The Morgan fingerprint density at radius 2 is 2.23 bits per heavy atom. The van der Waals surface area contributed by atoms with Gasteiger partial charge in [-0.25, -0.2) is 0 Å². The van der Waals surface area contributed by atoms with Gasteiger partial charge in [-0.3, -0.25) is 4.68 Å². The molecule has 1 aromatic rings. The Kier molecular flexibility index (Phi) is 2.28. The summed E-state index contributed by atoms with van der Waals surface area (Å²) in [7, 11) is 0. The van der Waals surface area contributed by atoms with Gasteiger partial charge >= 0.3 is 6.18 Å². The van der Waals surface area contributed by atoms with Gasteiger partial charge in [-0.15, -0.1) is 0 Å². The molecule has 0 aliphatic heterocycles. The molecule has 0 aliphatic carbocycles. The van der Waals surface area contributed by atoms with E-state index in [0.29, 0.717) is 0 Å². The Balaban J connectivity index is 3.31. The maximum Gasteiger partial charge on any atom is 0.434 e. The van der Waals surface area contributed by atoms with Crippen molar-refractivity contribution in [3.8, 4) is 6.07 Å². The van der Waals surface area contributed by atoms with Crippen molar-refractivity contribution in [1.29, 1.82) is 5.26 Å². The average Bonchev–Trinajstić information content (AvgIpc) is 2.45. The van der Waals surface area contributed by atoms with E-state index in [-0.39, 0.29) is 6.54 Å². The van der Waals surface area contributed by atoms with Crippen LogP contribution in [0.1, 0.15) is 18.2 Å². The minimum Gasteiger partial charge on any atom is -0.259 e. The number of hydrogen-bond donors (Lipinski definition) is 0. The maximum absolute atomic E-state index is 12.3. The fraction of sp³-hybridized carbons (Fsp3) is 0.429. The minimum absolute atomic E-state index is 0.0938. The molecule has 0 radical (unpaired) electrons. The van der Waals surface area contributed by atoms with Crippen molar-refractivity contribution in [3.05, 3.63) is 17.5 Å². The van der Waals surface area contributed by atoms with Crippen LogP contribution in [0.2, 0.25) is 0 Å². The molecular formula is C7H6F3N3. The summed E-state index contributed by atoms with van der Waals surface area (Å²) in [5.41, 5.74) is -1.41. The van der Waals surface area contributed by atoms with Crippen LogP contribution in [0, 0.1) is 11.3 Å². The average molecular weight is 189 g/mol. The van der Waals surface area contributed by atoms with Crippen molar-refractivity contribution in [2.24, 2.45) is 0 Å². The largest absolute Gasteiger partial charge is 0.434 e. The molecule has 0 aliphatic rings. The van der Waals surface area contributed by atoms with Gasteiger partial charge in [-0.1, -0.05) is 0 Å².